The summed E-state index contributed by atoms with van der Waals surface area (Å²) in [6, 6.07) is 7.82. The number of aryl methyl sites for hydroxylation is 1. The lowest BCUT2D eigenvalue weighted by Crippen LogP contribution is -2.06. The van der Waals surface area contributed by atoms with Gasteiger partial charge in [-0.15, -0.1) is 0 Å². The number of hydrogen-bond donors (Lipinski definition) is 0. The van der Waals surface area contributed by atoms with E-state index < -0.39 is 6.43 Å². The lowest BCUT2D eigenvalue weighted by molar-refractivity contribution is 0.188. The summed E-state index contributed by atoms with van der Waals surface area (Å²) >= 11 is 0. The Labute approximate surface area is 101 Å². The molecule has 0 aliphatic heterocycles. The molecule has 0 N–H and O–H groups in total. The van der Waals surface area contributed by atoms with Gasteiger partial charge >= 0.3 is 0 Å². The molecule has 0 aliphatic rings. The fraction of sp³-hybridized carbons (Fsp3) is 0.357. The predicted molar refractivity (Wildman–Crippen MR) is 68.0 cm³/mol. The van der Waals surface area contributed by atoms with Gasteiger partial charge in [0.2, 0.25) is 0 Å². The van der Waals surface area contributed by atoms with Crippen LogP contribution in [0.2, 0.25) is 0 Å². The highest BCUT2D eigenvalue weighted by molar-refractivity contribution is 6.01. The van der Waals surface area contributed by atoms with Crippen LogP contribution in [0.1, 0.15) is 24.5 Å². The van der Waals surface area contributed by atoms with Gasteiger partial charge in [-0.3, -0.25) is 4.99 Å². The van der Waals surface area contributed by atoms with Crippen LogP contribution in [0.25, 0.3) is 0 Å². The molecule has 0 saturated heterocycles. The second kappa shape index (κ2) is 6.28. The first kappa shape index (κ1) is 13.6. The van der Waals surface area contributed by atoms with Crippen molar-refractivity contribution in [2.75, 3.05) is 7.05 Å². The molecule has 92 valence electrons. The Morgan fingerprint density at radius 3 is 2.29 bits per heavy atom. The number of allylic oxidation sites excluding steroid dienone is 1. The average Bonchev–Trinajstić information content (AvgIpc) is 2.35. The minimum Gasteiger partial charge on any atom is -0.292 e. The Morgan fingerprint density at radius 1 is 1.29 bits per heavy atom. The minimum absolute atomic E-state index is 0.0924. The van der Waals surface area contributed by atoms with Gasteiger partial charge in [-0.05, 0) is 23.1 Å². The van der Waals surface area contributed by atoms with Crippen LogP contribution in [0.5, 0.6) is 0 Å². The topological polar surface area (TPSA) is 12.4 Å². The maximum absolute atomic E-state index is 12.4. The van der Waals surface area contributed by atoms with Gasteiger partial charge in [-0.2, -0.15) is 0 Å². The number of benzene rings is 1. The fourth-order valence-electron chi connectivity index (χ4n) is 1.54. The van der Waals surface area contributed by atoms with Crippen LogP contribution in [-0.2, 0) is 6.42 Å². The van der Waals surface area contributed by atoms with Crippen molar-refractivity contribution in [3.05, 3.63) is 47.5 Å². The molecule has 0 unspecified atom stereocenters. The molecule has 0 bridgehead atoms. The van der Waals surface area contributed by atoms with Crippen molar-refractivity contribution in [3.8, 4) is 0 Å². The molecule has 3 heteroatoms. The van der Waals surface area contributed by atoms with Gasteiger partial charge in [0.25, 0.3) is 6.43 Å². The Kier molecular flexibility index (Phi) is 5.01. The maximum Gasteiger partial charge on any atom is 0.260 e. The number of nitrogens with zero attached hydrogens (tertiary/aromatic N) is 1. The Balaban J connectivity index is 2.84. The van der Waals surface area contributed by atoms with E-state index in [-0.39, 0.29) is 12.0 Å². The summed E-state index contributed by atoms with van der Waals surface area (Å²) in [5.74, 6) is 0. The van der Waals surface area contributed by atoms with E-state index in [0.717, 1.165) is 12.0 Å². The molecule has 0 saturated carbocycles. The van der Waals surface area contributed by atoms with Crippen LogP contribution in [0.4, 0.5) is 8.78 Å². The van der Waals surface area contributed by atoms with Crippen molar-refractivity contribution in [1.82, 2.24) is 0 Å². The van der Waals surface area contributed by atoms with E-state index in [1.807, 2.05) is 24.3 Å². The molecular weight excluding hydrogens is 220 g/mol. The number of halogens is 2. The zero-order chi connectivity index (χ0) is 12.8. The van der Waals surface area contributed by atoms with Gasteiger partial charge in [0.15, 0.2) is 0 Å². The van der Waals surface area contributed by atoms with Crippen molar-refractivity contribution in [2.45, 2.75) is 26.2 Å². The number of rotatable bonds is 5. The van der Waals surface area contributed by atoms with Crippen LogP contribution in [0.15, 0.2) is 41.4 Å². The number of alkyl halides is 2. The molecule has 0 aliphatic carbocycles. The van der Waals surface area contributed by atoms with E-state index in [1.54, 1.807) is 7.05 Å². The molecule has 0 heterocycles. The van der Waals surface area contributed by atoms with E-state index >= 15 is 0 Å². The van der Waals surface area contributed by atoms with Gasteiger partial charge in [0.05, 0.1) is 0 Å². The van der Waals surface area contributed by atoms with E-state index in [2.05, 4.69) is 18.5 Å². The van der Waals surface area contributed by atoms with Gasteiger partial charge < -0.3 is 0 Å². The molecule has 1 rings (SSSR count). The van der Waals surface area contributed by atoms with E-state index in [1.165, 1.54) is 5.56 Å². The molecule has 0 aromatic heterocycles. The van der Waals surface area contributed by atoms with Gasteiger partial charge in [0, 0.05) is 19.2 Å². The monoisotopic (exact) mass is 237 g/mol. The summed E-state index contributed by atoms with van der Waals surface area (Å²) in [7, 11) is 1.61. The molecule has 1 aromatic carbocycles. The molecule has 1 nitrogen and oxygen atoms in total. The summed E-state index contributed by atoms with van der Waals surface area (Å²) in [6.07, 6.45) is -1.40. The molecule has 0 spiro atoms. The molecule has 0 radical (unpaired) electrons. The average molecular weight is 237 g/mol. The largest absolute Gasteiger partial charge is 0.292 e. The molecule has 1 aromatic rings. The molecule has 0 atom stereocenters. The highest BCUT2D eigenvalue weighted by Crippen LogP contribution is 2.16. The maximum atomic E-state index is 12.4. The zero-order valence-electron chi connectivity index (χ0n) is 10.2. The van der Waals surface area contributed by atoms with E-state index in [4.69, 9.17) is 0 Å². The Hall–Kier alpha value is -1.51. The highest BCUT2D eigenvalue weighted by atomic mass is 19.3. The SMILES string of the molecule is C=C(C/C(=N\C)c1ccc(CC)cc1)C(F)F. The Bertz CT molecular complexity index is 405. The van der Waals surface area contributed by atoms with Crippen molar-refractivity contribution >= 4 is 5.71 Å². The number of hydrogen-bond acceptors (Lipinski definition) is 1. The second-order valence-electron chi connectivity index (χ2n) is 3.86. The van der Waals surface area contributed by atoms with Crippen molar-refractivity contribution in [1.29, 1.82) is 0 Å². The van der Waals surface area contributed by atoms with E-state index in [0.29, 0.717) is 5.71 Å². The first-order valence-corrected chi connectivity index (χ1v) is 5.59. The molecule has 0 fully saturated rings. The summed E-state index contributed by atoms with van der Waals surface area (Å²) in [6.45, 7) is 5.44. The molecule has 0 amide bonds. The van der Waals surface area contributed by atoms with Crippen molar-refractivity contribution in [3.63, 3.8) is 0 Å². The fourth-order valence-corrected chi connectivity index (χ4v) is 1.54. The lowest BCUT2D eigenvalue weighted by atomic mass is 10.0. The summed E-state index contributed by atoms with van der Waals surface area (Å²) in [5.41, 5.74) is 2.66. The summed E-state index contributed by atoms with van der Waals surface area (Å²) in [4.78, 5) is 4.06. The van der Waals surface area contributed by atoms with Crippen LogP contribution in [0.3, 0.4) is 0 Å². The van der Waals surface area contributed by atoms with Crippen LogP contribution >= 0.6 is 0 Å². The van der Waals surface area contributed by atoms with E-state index in [9.17, 15) is 8.78 Å². The van der Waals surface area contributed by atoms with Crippen LogP contribution < -0.4 is 0 Å². The van der Waals surface area contributed by atoms with Gasteiger partial charge in [-0.1, -0.05) is 37.8 Å². The first-order chi connectivity index (χ1) is 8.08. The molecule has 17 heavy (non-hydrogen) atoms. The lowest BCUT2D eigenvalue weighted by Gasteiger charge is -2.08. The predicted octanol–water partition coefficient (Wildman–Crippen LogP) is 3.88. The van der Waals surface area contributed by atoms with Crippen molar-refractivity contribution < 1.29 is 8.78 Å². The zero-order valence-corrected chi connectivity index (χ0v) is 10.2. The third kappa shape index (κ3) is 3.77. The highest BCUT2D eigenvalue weighted by Gasteiger charge is 2.12. The smallest absolute Gasteiger partial charge is 0.260 e. The minimum atomic E-state index is -2.48. The normalized spacial score (nSPS) is 11.9. The quantitative estimate of drug-likeness (QED) is 0.544. The first-order valence-electron chi connectivity index (χ1n) is 5.59. The third-order valence-corrected chi connectivity index (χ3v) is 2.67. The van der Waals surface area contributed by atoms with Gasteiger partial charge in [-0.25, -0.2) is 8.78 Å². The number of aliphatic imine (C=N–C) groups is 1. The third-order valence-electron chi connectivity index (χ3n) is 2.67. The molecular formula is C14H17F2N. The standard InChI is InChI=1S/C14H17F2N/c1-4-11-5-7-12(8-6-11)13(17-3)9-10(2)14(15)16/h5-8,14H,2,4,9H2,1,3H3/b17-13+. The van der Waals surface area contributed by atoms with Crippen molar-refractivity contribution in [2.24, 2.45) is 4.99 Å². The Morgan fingerprint density at radius 2 is 1.88 bits per heavy atom. The van der Waals surface area contributed by atoms with Crippen LogP contribution in [0, 0.1) is 0 Å². The van der Waals surface area contributed by atoms with Crippen LogP contribution in [-0.4, -0.2) is 19.2 Å². The second-order valence-corrected chi connectivity index (χ2v) is 3.86. The summed E-state index contributed by atoms with van der Waals surface area (Å²) in [5, 5.41) is 0. The van der Waals surface area contributed by atoms with Gasteiger partial charge in [0.1, 0.15) is 0 Å². The summed E-state index contributed by atoms with van der Waals surface area (Å²) < 4.78 is 24.8.